The van der Waals surface area contributed by atoms with Gasteiger partial charge in [0.25, 0.3) is 0 Å². The number of aryl methyl sites for hydroxylation is 1. The minimum atomic E-state index is -3.89. The number of hydrogen-bond acceptors (Lipinski definition) is 2. The Labute approximate surface area is 127 Å². The normalized spacial score (nSPS) is 16.6. The second kappa shape index (κ2) is 6.60. The van der Waals surface area contributed by atoms with E-state index in [1.165, 1.54) is 18.2 Å². The van der Waals surface area contributed by atoms with Crippen molar-refractivity contribution < 1.29 is 18.3 Å². The van der Waals surface area contributed by atoms with Crippen LogP contribution in [0.4, 0.5) is 8.78 Å². The number of rotatable bonds is 4. The van der Waals surface area contributed by atoms with Crippen LogP contribution in [0.5, 0.6) is 5.75 Å². The van der Waals surface area contributed by atoms with Gasteiger partial charge in [0.2, 0.25) is 0 Å². The first-order valence-electron chi connectivity index (χ1n) is 7.02. The summed E-state index contributed by atoms with van der Waals surface area (Å²) in [6.45, 7) is 1.59. The van der Waals surface area contributed by atoms with Gasteiger partial charge in [0.1, 0.15) is 5.75 Å². The number of carbonyl (C=O) groups excluding carboxylic acids is 1. The van der Waals surface area contributed by atoms with Crippen LogP contribution in [0.1, 0.15) is 37.7 Å². The smallest absolute Gasteiger partial charge is 0.425 e. The molecule has 0 saturated heterocycles. The van der Waals surface area contributed by atoms with Crippen molar-refractivity contribution in [2.45, 2.75) is 51.2 Å². The Hall–Kier alpha value is -1.36. The second-order valence-corrected chi connectivity index (χ2v) is 5.77. The van der Waals surface area contributed by atoms with Gasteiger partial charge in [-0.25, -0.2) is 0 Å². The van der Waals surface area contributed by atoms with Crippen LogP contribution in [0.2, 0.25) is 5.02 Å². The van der Waals surface area contributed by atoms with Crippen LogP contribution in [0, 0.1) is 6.92 Å². The zero-order valence-corrected chi connectivity index (χ0v) is 12.6. The van der Waals surface area contributed by atoms with Crippen LogP contribution in [0.15, 0.2) is 18.2 Å². The van der Waals surface area contributed by atoms with E-state index in [-0.39, 0.29) is 11.8 Å². The highest BCUT2D eigenvalue weighted by Gasteiger charge is 2.43. The molecule has 0 atom stereocenters. The maximum atomic E-state index is 13.9. The Kier molecular flexibility index (Phi) is 5.04. The highest BCUT2D eigenvalue weighted by Crippen LogP contribution is 2.28. The lowest BCUT2D eigenvalue weighted by Crippen LogP contribution is -2.48. The number of carbonyl (C=O) groups is 1. The van der Waals surface area contributed by atoms with E-state index >= 15 is 0 Å². The standard InChI is InChI=1S/C15H18ClF2NO2/c1-10-9-11(16)7-8-13(10)21-15(17,18)14(20)19-12-5-3-2-4-6-12/h7-9,12H,2-6H2,1H3,(H,19,20). The third kappa shape index (κ3) is 4.30. The monoisotopic (exact) mass is 317 g/mol. The molecule has 0 spiro atoms. The summed E-state index contributed by atoms with van der Waals surface area (Å²) in [5.41, 5.74) is 0.452. The summed E-state index contributed by atoms with van der Waals surface area (Å²) in [6, 6.07) is 4.09. The van der Waals surface area contributed by atoms with Gasteiger partial charge >= 0.3 is 12.0 Å². The molecule has 2 rings (SSSR count). The Balaban J connectivity index is 2.00. The quantitative estimate of drug-likeness (QED) is 0.909. The SMILES string of the molecule is Cc1cc(Cl)ccc1OC(F)(F)C(=O)NC1CCCCC1. The van der Waals surface area contributed by atoms with E-state index < -0.39 is 12.0 Å². The highest BCUT2D eigenvalue weighted by molar-refractivity contribution is 6.30. The molecule has 0 unspecified atom stereocenters. The molecule has 3 nitrogen and oxygen atoms in total. The van der Waals surface area contributed by atoms with Gasteiger partial charge in [-0.3, -0.25) is 4.79 Å². The molecule has 21 heavy (non-hydrogen) atoms. The van der Waals surface area contributed by atoms with Crippen LogP contribution >= 0.6 is 11.6 Å². The number of ether oxygens (including phenoxy) is 1. The van der Waals surface area contributed by atoms with Gasteiger partial charge in [-0.1, -0.05) is 30.9 Å². The summed E-state index contributed by atoms with van der Waals surface area (Å²) < 4.78 is 32.3. The van der Waals surface area contributed by atoms with Gasteiger partial charge in [0, 0.05) is 11.1 Å². The lowest BCUT2D eigenvalue weighted by molar-refractivity contribution is -0.193. The highest BCUT2D eigenvalue weighted by atomic mass is 35.5. The number of halogens is 3. The van der Waals surface area contributed by atoms with Gasteiger partial charge < -0.3 is 10.1 Å². The van der Waals surface area contributed by atoms with Gasteiger partial charge in [0.15, 0.2) is 0 Å². The Bertz CT molecular complexity index is 516. The predicted molar refractivity (Wildman–Crippen MR) is 76.8 cm³/mol. The average Bonchev–Trinajstić information content (AvgIpc) is 2.43. The summed E-state index contributed by atoms with van der Waals surface area (Å²) in [4.78, 5) is 11.7. The predicted octanol–water partition coefficient (Wildman–Crippen LogP) is 4.07. The molecule has 0 aliphatic heterocycles. The van der Waals surface area contributed by atoms with Gasteiger partial charge in [-0.15, -0.1) is 0 Å². The Morgan fingerprint density at radius 1 is 1.33 bits per heavy atom. The average molecular weight is 318 g/mol. The molecular formula is C15H18ClF2NO2. The lowest BCUT2D eigenvalue weighted by atomic mass is 9.95. The largest absolute Gasteiger partial charge is 0.482 e. The summed E-state index contributed by atoms with van der Waals surface area (Å²) in [7, 11) is 0. The number of nitrogens with one attached hydrogen (secondary N) is 1. The fourth-order valence-corrected chi connectivity index (χ4v) is 2.65. The fourth-order valence-electron chi connectivity index (χ4n) is 2.43. The van der Waals surface area contributed by atoms with Crippen molar-refractivity contribution in [1.29, 1.82) is 0 Å². The molecule has 0 heterocycles. The summed E-state index contributed by atoms with van der Waals surface area (Å²) in [6.07, 6.45) is 0.574. The second-order valence-electron chi connectivity index (χ2n) is 5.34. The van der Waals surface area contributed by atoms with Crippen molar-refractivity contribution in [2.24, 2.45) is 0 Å². The molecule has 0 radical (unpaired) electrons. The minimum Gasteiger partial charge on any atom is -0.425 e. The number of amides is 1. The Morgan fingerprint density at radius 3 is 2.62 bits per heavy atom. The van der Waals surface area contributed by atoms with E-state index in [0.717, 1.165) is 32.1 Å². The van der Waals surface area contributed by atoms with Crippen molar-refractivity contribution in [3.8, 4) is 5.75 Å². The van der Waals surface area contributed by atoms with Crippen LogP contribution in [-0.2, 0) is 4.79 Å². The van der Waals surface area contributed by atoms with Gasteiger partial charge in [-0.2, -0.15) is 8.78 Å². The minimum absolute atomic E-state index is 0.0526. The number of hydrogen-bond donors (Lipinski definition) is 1. The maximum absolute atomic E-state index is 13.9. The lowest BCUT2D eigenvalue weighted by Gasteiger charge is -2.25. The maximum Gasteiger partial charge on any atom is 0.482 e. The first kappa shape index (κ1) is 16.0. The summed E-state index contributed by atoms with van der Waals surface area (Å²) >= 11 is 5.76. The molecule has 1 N–H and O–H groups in total. The van der Waals surface area contributed by atoms with E-state index in [0.29, 0.717) is 10.6 Å². The molecule has 1 aliphatic rings. The third-order valence-corrected chi connectivity index (χ3v) is 3.81. The van der Waals surface area contributed by atoms with Crippen molar-refractivity contribution >= 4 is 17.5 Å². The zero-order valence-electron chi connectivity index (χ0n) is 11.8. The molecule has 1 saturated carbocycles. The Morgan fingerprint density at radius 2 is 2.00 bits per heavy atom. The van der Waals surface area contributed by atoms with Crippen molar-refractivity contribution in [2.75, 3.05) is 0 Å². The summed E-state index contributed by atoms with van der Waals surface area (Å²) in [5, 5.41) is 2.80. The molecular weight excluding hydrogens is 300 g/mol. The molecule has 6 heteroatoms. The number of benzene rings is 1. The zero-order chi connectivity index (χ0) is 15.5. The molecule has 0 aromatic heterocycles. The molecule has 1 fully saturated rings. The van der Waals surface area contributed by atoms with Crippen molar-refractivity contribution in [3.05, 3.63) is 28.8 Å². The van der Waals surface area contributed by atoms with Crippen LogP contribution in [-0.4, -0.2) is 18.1 Å². The van der Waals surface area contributed by atoms with Crippen LogP contribution < -0.4 is 10.1 Å². The van der Waals surface area contributed by atoms with Gasteiger partial charge in [0.05, 0.1) is 0 Å². The van der Waals surface area contributed by atoms with E-state index in [1.807, 2.05) is 0 Å². The molecule has 1 aliphatic carbocycles. The van der Waals surface area contributed by atoms with E-state index in [4.69, 9.17) is 11.6 Å². The van der Waals surface area contributed by atoms with E-state index in [1.54, 1.807) is 6.92 Å². The number of alkyl halides is 2. The topological polar surface area (TPSA) is 38.3 Å². The van der Waals surface area contributed by atoms with Crippen molar-refractivity contribution in [3.63, 3.8) is 0 Å². The molecule has 1 aromatic carbocycles. The molecule has 0 bridgehead atoms. The molecule has 116 valence electrons. The van der Waals surface area contributed by atoms with Gasteiger partial charge in [-0.05, 0) is 43.5 Å². The van der Waals surface area contributed by atoms with E-state index in [2.05, 4.69) is 10.1 Å². The van der Waals surface area contributed by atoms with E-state index in [9.17, 15) is 13.6 Å². The summed E-state index contributed by atoms with van der Waals surface area (Å²) in [5.74, 6) is -1.44. The van der Waals surface area contributed by atoms with Crippen LogP contribution in [0.3, 0.4) is 0 Å². The third-order valence-electron chi connectivity index (χ3n) is 3.58. The molecule has 1 aromatic rings. The first-order chi connectivity index (χ1) is 9.88. The fraction of sp³-hybridized carbons (Fsp3) is 0.533. The first-order valence-corrected chi connectivity index (χ1v) is 7.40. The molecule has 1 amide bonds. The van der Waals surface area contributed by atoms with Crippen molar-refractivity contribution in [1.82, 2.24) is 5.32 Å². The van der Waals surface area contributed by atoms with Crippen LogP contribution in [0.25, 0.3) is 0 Å².